The molecule has 2 N–H and O–H groups in total. The number of nitrogens with one attached hydrogen (secondary N) is 2. The Hall–Kier alpha value is -2.96. The van der Waals surface area contributed by atoms with Crippen molar-refractivity contribution in [2.24, 2.45) is 15.8 Å². The van der Waals surface area contributed by atoms with Crippen molar-refractivity contribution in [1.29, 1.82) is 5.53 Å². The average Bonchev–Trinajstić information content (AvgIpc) is 3.65. The number of hydrogen-bond donors (Lipinski definition) is 2. The summed E-state index contributed by atoms with van der Waals surface area (Å²) in [6.45, 7) is 6.13. The third-order valence-corrected chi connectivity index (χ3v) is 6.71. The first-order valence-electron chi connectivity index (χ1n) is 11.9. The summed E-state index contributed by atoms with van der Waals surface area (Å²) in [5.74, 6) is 0.506. The standard InChI is InChI=1S/C26H37N5O2/c1-4-5-7-15-26(16-8-6-9-17-26)18-20(2)29-33-19-23-22(21-13-14-21)11-10-12-24(23)28-25(32)31(3)30-27/h4-5,7,10-12,21,27H,1,6,8-9,13-19H2,2-3H3,(H,28,32)/b7-5-,29-20-,30-27?. The number of oxime groups is 1. The van der Waals surface area contributed by atoms with Crippen LogP contribution in [0.4, 0.5) is 10.5 Å². The maximum absolute atomic E-state index is 12.3. The van der Waals surface area contributed by atoms with Crippen molar-refractivity contribution in [3.8, 4) is 0 Å². The summed E-state index contributed by atoms with van der Waals surface area (Å²) in [7, 11) is 1.45. The number of carbonyl (C=O) groups is 1. The molecule has 0 saturated heterocycles. The van der Waals surface area contributed by atoms with E-state index in [2.05, 4.69) is 34.4 Å². The minimum absolute atomic E-state index is 0.254. The molecular weight excluding hydrogens is 414 g/mol. The first-order valence-corrected chi connectivity index (χ1v) is 11.9. The molecule has 178 valence electrons. The predicted octanol–water partition coefficient (Wildman–Crippen LogP) is 7.34. The second-order valence-corrected chi connectivity index (χ2v) is 9.41. The molecule has 33 heavy (non-hydrogen) atoms. The predicted molar refractivity (Wildman–Crippen MR) is 132 cm³/mol. The Morgan fingerprint density at radius 3 is 2.76 bits per heavy atom. The van der Waals surface area contributed by atoms with E-state index in [1.807, 2.05) is 31.2 Å². The molecule has 0 bridgehead atoms. The van der Waals surface area contributed by atoms with Crippen molar-refractivity contribution >= 4 is 17.4 Å². The highest BCUT2D eigenvalue weighted by atomic mass is 16.6. The largest absolute Gasteiger partial charge is 0.391 e. The van der Waals surface area contributed by atoms with Crippen LogP contribution in [0.1, 0.15) is 81.8 Å². The SMILES string of the molecule is C=C/C=C\CC1(C/C(C)=N\OCc2c(NC(=O)N(C)N=N)cccc2C2CC2)CCCCC1. The zero-order chi connectivity index (χ0) is 23.7. The van der Waals surface area contributed by atoms with Crippen LogP contribution in [0.25, 0.3) is 0 Å². The highest BCUT2D eigenvalue weighted by Gasteiger charge is 2.32. The van der Waals surface area contributed by atoms with Crippen LogP contribution < -0.4 is 5.32 Å². The Bertz CT molecular complexity index is 898. The molecule has 3 rings (SSSR count). The lowest BCUT2D eigenvalue weighted by Crippen LogP contribution is -2.27. The van der Waals surface area contributed by atoms with Crippen molar-refractivity contribution in [2.45, 2.75) is 77.2 Å². The average molecular weight is 452 g/mol. The van der Waals surface area contributed by atoms with Gasteiger partial charge in [-0.1, -0.05) is 66.6 Å². The number of nitrogens with zero attached hydrogens (tertiary/aromatic N) is 3. The van der Waals surface area contributed by atoms with Gasteiger partial charge in [0.05, 0.1) is 5.71 Å². The number of amides is 2. The van der Waals surface area contributed by atoms with E-state index in [-0.39, 0.29) is 5.41 Å². The first kappa shape index (κ1) is 24.7. The fourth-order valence-electron chi connectivity index (χ4n) is 4.85. The van der Waals surface area contributed by atoms with Crippen molar-refractivity contribution in [3.63, 3.8) is 0 Å². The van der Waals surface area contributed by atoms with Gasteiger partial charge < -0.3 is 10.2 Å². The number of benzene rings is 1. The van der Waals surface area contributed by atoms with E-state index in [4.69, 9.17) is 10.4 Å². The van der Waals surface area contributed by atoms with E-state index in [0.717, 1.165) is 42.0 Å². The van der Waals surface area contributed by atoms with Gasteiger partial charge >= 0.3 is 6.03 Å². The van der Waals surface area contributed by atoms with Gasteiger partial charge in [-0.15, -0.1) is 0 Å². The fourth-order valence-corrected chi connectivity index (χ4v) is 4.85. The lowest BCUT2D eigenvalue weighted by Gasteiger charge is -2.36. The molecule has 2 fully saturated rings. The highest BCUT2D eigenvalue weighted by Crippen LogP contribution is 2.44. The quantitative estimate of drug-likeness (QED) is 0.159. The molecule has 2 amide bonds. The summed E-state index contributed by atoms with van der Waals surface area (Å²) in [6, 6.07) is 5.46. The van der Waals surface area contributed by atoms with E-state index >= 15 is 0 Å². The summed E-state index contributed by atoms with van der Waals surface area (Å²) in [5.41, 5.74) is 11.1. The van der Waals surface area contributed by atoms with Crippen LogP contribution in [-0.4, -0.2) is 23.8 Å². The van der Waals surface area contributed by atoms with Crippen LogP contribution in [0, 0.1) is 10.9 Å². The highest BCUT2D eigenvalue weighted by molar-refractivity contribution is 5.90. The van der Waals surface area contributed by atoms with Crippen molar-refractivity contribution in [1.82, 2.24) is 5.01 Å². The van der Waals surface area contributed by atoms with Crippen LogP contribution >= 0.6 is 0 Å². The third-order valence-electron chi connectivity index (χ3n) is 6.71. The Balaban J connectivity index is 1.70. The fraction of sp³-hybridized carbons (Fsp3) is 0.538. The van der Waals surface area contributed by atoms with E-state index in [1.165, 1.54) is 44.7 Å². The van der Waals surface area contributed by atoms with Crippen molar-refractivity contribution < 1.29 is 9.63 Å². The molecule has 0 spiro atoms. The van der Waals surface area contributed by atoms with Crippen molar-refractivity contribution in [2.75, 3.05) is 12.4 Å². The maximum atomic E-state index is 12.3. The van der Waals surface area contributed by atoms with E-state index in [0.29, 0.717) is 18.2 Å². The van der Waals surface area contributed by atoms with Gasteiger partial charge in [-0.2, -0.15) is 10.5 Å². The minimum Gasteiger partial charge on any atom is -0.391 e. The van der Waals surface area contributed by atoms with E-state index in [9.17, 15) is 4.79 Å². The topological polar surface area (TPSA) is 90.1 Å². The first-order chi connectivity index (χ1) is 16.0. The van der Waals surface area contributed by atoms with Gasteiger partial charge in [-0.05, 0) is 68.4 Å². The van der Waals surface area contributed by atoms with Gasteiger partial charge in [0.2, 0.25) is 0 Å². The Morgan fingerprint density at radius 1 is 1.33 bits per heavy atom. The van der Waals surface area contributed by atoms with Crippen LogP contribution in [-0.2, 0) is 11.4 Å². The molecule has 0 atom stereocenters. The molecule has 7 nitrogen and oxygen atoms in total. The molecule has 1 aromatic carbocycles. The normalized spacial score (nSPS) is 18.1. The van der Waals surface area contributed by atoms with Gasteiger partial charge in [-0.3, -0.25) is 0 Å². The molecule has 7 heteroatoms. The summed E-state index contributed by atoms with van der Waals surface area (Å²) >= 11 is 0. The van der Waals surface area contributed by atoms with E-state index in [1.54, 1.807) is 0 Å². The Morgan fingerprint density at radius 2 is 2.09 bits per heavy atom. The second-order valence-electron chi connectivity index (χ2n) is 9.41. The second kappa shape index (κ2) is 11.8. The van der Waals surface area contributed by atoms with Crippen LogP contribution in [0.2, 0.25) is 0 Å². The van der Waals surface area contributed by atoms with Gasteiger partial charge in [0.1, 0.15) is 6.61 Å². The van der Waals surface area contributed by atoms with Gasteiger partial charge in [0.25, 0.3) is 0 Å². The van der Waals surface area contributed by atoms with Gasteiger partial charge in [-0.25, -0.2) is 4.79 Å². The number of urea groups is 1. The minimum atomic E-state index is -0.453. The van der Waals surface area contributed by atoms with Crippen molar-refractivity contribution in [3.05, 3.63) is 54.1 Å². The number of carbonyl (C=O) groups excluding carboxylic acids is 1. The summed E-state index contributed by atoms with van der Waals surface area (Å²) in [4.78, 5) is 18.1. The number of anilines is 1. The number of hydrogen-bond acceptors (Lipinski definition) is 5. The van der Waals surface area contributed by atoms with Crippen LogP contribution in [0.15, 0.2) is 53.4 Å². The van der Waals surface area contributed by atoms with Crippen LogP contribution in [0.5, 0.6) is 0 Å². The van der Waals surface area contributed by atoms with E-state index < -0.39 is 6.03 Å². The molecule has 0 aromatic heterocycles. The molecular formula is C26H37N5O2. The summed E-state index contributed by atoms with van der Waals surface area (Å²) < 4.78 is 0. The Kier molecular flexibility index (Phi) is 8.80. The molecule has 2 saturated carbocycles. The smallest absolute Gasteiger partial charge is 0.343 e. The lowest BCUT2D eigenvalue weighted by atomic mass is 9.69. The summed E-state index contributed by atoms with van der Waals surface area (Å²) in [5, 5.41) is 11.5. The molecule has 2 aliphatic carbocycles. The molecule has 2 aliphatic rings. The third kappa shape index (κ3) is 7.01. The molecule has 0 unspecified atom stereocenters. The molecule has 0 aliphatic heterocycles. The van der Waals surface area contributed by atoms with Gasteiger partial charge in [0.15, 0.2) is 0 Å². The number of rotatable bonds is 11. The monoisotopic (exact) mass is 451 g/mol. The van der Waals surface area contributed by atoms with Crippen LogP contribution in [0.3, 0.4) is 0 Å². The molecule has 0 radical (unpaired) electrons. The number of allylic oxidation sites excluding steroid dienone is 3. The zero-order valence-corrected chi connectivity index (χ0v) is 20.0. The maximum Gasteiger partial charge on any atom is 0.343 e. The summed E-state index contributed by atoms with van der Waals surface area (Å²) in [6.07, 6.45) is 16.7. The molecule has 1 aromatic rings. The molecule has 0 heterocycles. The van der Waals surface area contributed by atoms with Gasteiger partial charge in [0, 0.05) is 18.3 Å². The Labute approximate surface area is 197 Å². The zero-order valence-electron chi connectivity index (χ0n) is 20.0. The lowest BCUT2D eigenvalue weighted by molar-refractivity contribution is 0.126.